The zero-order valence-corrected chi connectivity index (χ0v) is 16.1. The summed E-state index contributed by atoms with van der Waals surface area (Å²) in [6.07, 6.45) is 4.46. The maximum Gasteiger partial charge on any atom is 0.407 e. The molecule has 3 atom stereocenters. The number of alkyl carbamates (subject to hydrolysis) is 1. The molecule has 0 radical (unpaired) electrons. The summed E-state index contributed by atoms with van der Waals surface area (Å²) in [5.41, 5.74) is 0. The highest BCUT2D eigenvalue weighted by Crippen LogP contribution is 2.52. The number of fused-ring (bicyclic) bond motifs is 1. The molecule has 8 heteroatoms. The van der Waals surface area contributed by atoms with Crippen LogP contribution in [0.1, 0.15) is 32.1 Å². The van der Waals surface area contributed by atoms with Gasteiger partial charge in [-0.1, -0.05) is 0 Å². The van der Waals surface area contributed by atoms with Gasteiger partial charge in [0.1, 0.15) is 6.61 Å². The molecule has 2 rings (SSSR count). The van der Waals surface area contributed by atoms with Crippen LogP contribution in [0.4, 0.5) is 4.79 Å². The molecule has 7 nitrogen and oxygen atoms in total. The van der Waals surface area contributed by atoms with E-state index in [0.29, 0.717) is 50.5 Å². The van der Waals surface area contributed by atoms with Gasteiger partial charge in [-0.05, 0) is 37.0 Å². The van der Waals surface area contributed by atoms with Crippen molar-refractivity contribution in [2.24, 2.45) is 17.8 Å². The summed E-state index contributed by atoms with van der Waals surface area (Å²) >= 11 is 0. The van der Waals surface area contributed by atoms with Crippen LogP contribution in [-0.4, -0.2) is 46.1 Å². The lowest BCUT2D eigenvalue weighted by atomic mass is 10.1. The number of nitrogens with zero attached hydrogens (tertiary/aromatic N) is 1. The van der Waals surface area contributed by atoms with Gasteiger partial charge >= 0.3 is 14.7 Å². The van der Waals surface area contributed by atoms with Gasteiger partial charge in [0.2, 0.25) is 6.54 Å². The van der Waals surface area contributed by atoms with Crippen molar-refractivity contribution < 1.29 is 23.1 Å². The Morgan fingerprint density at radius 2 is 1.92 bits per heavy atom. The number of carbonyl (C=O) groups excluding carboxylic acids is 1. The first kappa shape index (κ1) is 20.9. The largest absolute Gasteiger partial charge is 0.449 e. The van der Waals surface area contributed by atoms with E-state index < -0.39 is 8.60 Å². The van der Waals surface area contributed by atoms with E-state index >= 15 is 0 Å². The van der Waals surface area contributed by atoms with Gasteiger partial charge < -0.3 is 28.5 Å². The van der Waals surface area contributed by atoms with Crippen molar-refractivity contribution in [1.29, 1.82) is 0 Å². The van der Waals surface area contributed by atoms with Gasteiger partial charge in [-0.25, -0.2) is 11.4 Å². The molecule has 0 spiro atoms. The van der Waals surface area contributed by atoms with Crippen molar-refractivity contribution in [3.05, 3.63) is 11.4 Å². The zero-order valence-electron chi connectivity index (χ0n) is 15.2. The van der Waals surface area contributed by atoms with E-state index in [2.05, 4.69) is 22.0 Å². The fraction of sp³-hybridized carbons (Fsp3) is 0.778. The molecule has 0 saturated heterocycles. The van der Waals surface area contributed by atoms with Crippen LogP contribution in [0.5, 0.6) is 0 Å². The standard InChI is InChI=1S/C18H27N2O5P/c1-19-11-13-25-26(22-2)24-12-7-10-20-18(21)23-14-17-15-8-5-3-4-6-9-16(15)17/h15-17H,5-14H2,2H3,(H,20,21). The Morgan fingerprint density at radius 1 is 1.23 bits per heavy atom. The normalized spacial score (nSPS) is 24.7. The Balaban J connectivity index is 1.47. The van der Waals surface area contributed by atoms with Crippen molar-refractivity contribution in [3.8, 4) is 11.8 Å². The third-order valence-electron chi connectivity index (χ3n) is 4.58. The topological polar surface area (TPSA) is 70.4 Å². The second-order valence-electron chi connectivity index (χ2n) is 6.26. The molecule has 1 N–H and O–H groups in total. The van der Waals surface area contributed by atoms with E-state index in [1.807, 2.05) is 0 Å². The first-order valence-corrected chi connectivity index (χ1v) is 10.2. The maximum absolute atomic E-state index is 11.8. The van der Waals surface area contributed by atoms with Crippen LogP contribution >= 0.6 is 8.60 Å². The molecule has 1 saturated carbocycles. The van der Waals surface area contributed by atoms with Crippen molar-refractivity contribution in [2.75, 3.05) is 40.0 Å². The molecular weight excluding hydrogens is 355 g/mol. The van der Waals surface area contributed by atoms with Crippen LogP contribution in [0.25, 0.3) is 4.85 Å². The monoisotopic (exact) mass is 382 g/mol. The SMILES string of the molecule is [C-]#[N+]CCOP(OC)OCCCNC(=O)OCC1C2CCC#CCCC21. The van der Waals surface area contributed by atoms with Crippen molar-refractivity contribution in [1.82, 2.24) is 5.32 Å². The highest BCUT2D eigenvalue weighted by atomic mass is 31.2. The minimum Gasteiger partial charge on any atom is -0.449 e. The highest BCUT2D eigenvalue weighted by Gasteiger charge is 2.49. The molecule has 2 aliphatic carbocycles. The second-order valence-corrected chi connectivity index (χ2v) is 7.58. The molecule has 0 aromatic carbocycles. The van der Waals surface area contributed by atoms with Crippen molar-refractivity contribution in [3.63, 3.8) is 0 Å². The number of amides is 1. The number of carbonyl (C=O) groups is 1. The van der Waals surface area contributed by atoms with Gasteiger partial charge in [0.25, 0.3) is 0 Å². The Morgan fingerprint density at radius 3 is 2.58 bits per heavy atom. The van der Waals surface area contributed by atoms with Gasteiger partial charge in [0.15, 0.2) is 0 Å². The fourth-order valence-corrected chi connectivity index (χ4v) is 4.00. The van der Waals surface area contributed by atoms with Crippen LogP contribution in [0.2, 0.25) is 0 Å². The van der Waals surface area contributed by atoms with Crippen LogP contribution in [-0.2, 0) is 18.3 Å². The average molecular weight is 382 g/mol. The average Bonchev–Trinajstić information content (AvgIpc) is 3.27. The van der Waals surface area contributed by atoms with Gasteiger partial charge in [-0.3, -0.25) is 0 Å². The minimum atomic E-state index is -1.42. The maximum atomic E-state index is 11.8. The van der Waals surface area contributed by atoms with E-state index in [9.17, 15) is 4.79 Å². The molecule has 3 unspecified atom stereocenters. The summed E-state index contributed by atoms with van der Waals surface area (Å²) < 4.78 is 21.1. The quantitative estimate of drug-likeness (QED) is 0.257. The Bertz CT molecular complexity index is 524. The molecule has 1 fully saturated rings. The summed E-state index contributed by atoms with van der Waals surface area (Å²) in [4.78, 5) is 15.0. The molecule has 0 heterocycles. The molecule has 2 aliphatic rings. The first-order valence-electron chi connectivity index (χ1n) is 9.06. The number of hydrogen-bond acceptors (Lipinski definition) is 5. The third kappa shape index (κ3) is 7.48. The lowest BCUT2D eigenvalue weighted by Gasteiger charge is -2.13. The lowest BCUT2D eigenvalue weighted by molar-refractivity contribution is 0.136. The van der Waals surface area contributed by atoms with E-state index in [1.54, 1.807) is 0 Å². The predicted octanol–water partition coefficient (Wildman–Crippen LogP) is 3.37. The van der Waals surface area contributed by atoms with Gasteiger partial charge in [0.05, 0.1) is 13.2 Å². The lowest BCUT2D eigenvalue weighted by Crippen LogP contribution is -2.26. The van der Waals surface area contributed by atoms with Crippen molar-refractivity contribution >= 4 is 14.7 Å². The number of rotatable bonds is 11. The Hall–Kier alpha value is -1.37. The zero-order chi connectivity index (χ0) is 18.6. The van der Waals surface area contributed by atoms with Crippen LogP contribution < -0.4 is 5.32 Å². The third-order valence-corrected chi connectivity index (χ3v) is 5.67. The number of ether oxygens (including phenoxy) is 1. The molecule has 0 aromatic heterocycles. The summed E-state index contributed by atoms with van der Waals surface area (Å²) in [6.45, 7) is 8.64. The first-order chi connectivity index (χ1) is 12.8. The van der Waals surface area contributed by atoms with E-state index in [4.69, 9.17) is 24.9 Å². The summed E-state index contributed by atoms with van der Waals surface area (Å²) in [5, 5.41) is 2.74. The van der Waals surface area contributed by atoms with Crippen LogP contribution in [0.15, 0.2) is 0 Å². The molecule has 0 aromatic rings. The smallest absolute Gasteiger partial charge is 0.407 e. The van der Waals surface area contributed by atoms with Gasteiger partial charge in [0, 0.05) is 26.5 Å². The van der Waals surface area contributed by atoms with Crippen molar-refractivity contribution in [2.45, 2.75) is 32.1 Å². The summed E-state index contributed by atoms with van der Waals surface area (Å²) in [6, 6.07) is 0. The summed E-state index contributed by atoms with van der Waals surface area (Å²) in [5.74, 6) is 8.24. The van der Waals surface area contributed by atoms with E-state index in [0.717, 1.165) is 25.7 Å². The molecular formula is C18H27N2O5P. The minimum absolute atomic E-state index is 0.286. The molecule has 1 amide bonds. The van der Waals surface area contributed by atoms with Gasteiger partial charge in [-0.2, -0.15) is 0 Å². The summed E-state index contributed by atoms with van der Waals surface area (Å²) in [7, 11) is 0.0856. The second kappa shape index (κ2) is 12.1. The molecule has 26 heavy (non-hydrogen) atoms. The van der Waals surface area contributed by atoms with Crippen LogP contribution in [0.3, 0.4) is 0 Å². The Labute approximate surface area is 156 Å². The van der Waals surface area contributed by atoms with Crippen LogP contribution in [0, 0.1) is 36.2 Å². The van der Waals surface area contributed by atoms with E-state index in [1.165, 1.54) is 7.11 Å². The number of nitrogens with one attached hydrogen (secondary N) is 1. The Kier molecular flexibility index (Phi) is 9.74. The fourth-order valence-electron chi connectivity index (χ4n) is 3.21. The molecule has 0 aliphatic heterocycles. The van der Waals surface area contributed by atoms with Gasteiger partial charge in [-0.15, -0.1) is 11.8 Å². The number of hydrogen-bond donors (Lipinski definition) is 1. The predicted molar refractivity (Wildman–Crippen MR) is 98.0 cm³/mol. The highest BCUT2D eigenvalue weighted by molar-refractivity contribution is 7.41. The molecule has 144 valence electrons. The van der Waals surface area contributed by atoms with E-state index in [-0.39, 0.29) is 12.6 Å². The molecule has 0 bridgehead atoms.